The molecule has 0 aromatic heterocycles. The normalized spacial score (nSPS) is 22.8. The van der Waals surface area contributed by atoms with Crippen LogP contribution in [-0.4, -0.2) is 27.1 Å². The summed E-state index contributed by atoms with van der Waals surface area (Å²) in [6.45, 7) is 10.3. The molecule has 1 aromatic carbocycles. The Bertz CT molecular complexity index is 842. The minimum absolute atomic E-state index is 0.114. The van der Waals surface area contributed by atoms with E-state index in [1.807, 2.05) is 19.9 Å². The van der Waals surface area contributed by atoms with E-state index in [0.29, 0.717) is 5.75 Å². The summed E-state index contributed by atoms with van der Waals surface area (Å²) >= 11 is 0. The molecular formula is C22H28O4. The number of hydrogen-bond donors (Lipinski definition) is 0. The van der Waals surface area contributed by atoms with Gasteiger partial charge < -0.3 is 14.2 Å². The first-order valence-electron chi connectivity index (χ1n) is 8.97. The van der Waals surface area contributed by atoms with E-state index < -0.39 is 10.8 Å². The molecule has 1 atom stereocenters. The highest BCUT2D eigenvalue weighted by Crippen LogP contribution is 2.61. The van der Waals surface area contributed by atoms with Crippen LogP contribution in [0.5, 0.6) is 17.2 Å². The highest BCUT2D eigenvalue weighted by atomic mass is 16.5. The van der Waals surface area contributed by atoms with Gasteiger partial charge in [0, 0.05) is 27.5 Å². The number of fused-ring (bicyclic) bond motifs is 3. The number of methoxy groups -OCH3 is 3. The zero-order valence-electron chi connectivity index (χ0n) is 16.9. The summed E-state index contributed by atoms with van der Waals surface area (Å²) in [5.74, 6) is 2.53. The largest absolute Gasteiger partial charge is 0.496 e. The molecule has 0 N–H and O–H groups in total. The fourth-order valence-electron chi connectivity index (χ4n) is 4.53. The van der Waals surface area contributed by atoms with Crippen LogP contribution in [0.2, 0.25) is 0 Å². The smallest absolute Gasteiger partial charge is 0.168 e. The number of hydrogen-bond acceptors (Lipinski definition) is 4. The Labute approximate surface area is 155 Å². The number of ether oxygens (including phenoxy) is 3. The second kappa shape index (κ2) is 5.90. The van der Waals surface area contributed by atoms with Crippen LogP contribution in [-0.2, 0) is 10.2 Å². The average Bonchev–Trinajstić information content (AvgIpc) is 2.91. The lowest BCUT2D eigenvalue weighted by molar-refractivity contribution is -0.121. The number of ketones is 1. The SMILES string of the molecule is COc1c2c(c(OC)c(OC)c1C(C)C)[C@@]1(C)C=CC(=O)C(C)(C)C1=C2. The summed E-state index contributed by atoms with van der Waals surface area (Å²) < 4.78 is 17.5. The zero-order chi connectivity index (χ0) is 19.4. The lowest BCUT2D eigenvalue weighted by atomic mass is 9.63. The Morgan fingerprint density at radius 2 is 1.50 bits per heavy atom. The van der Waals surface area contributed by atoms with E-state index in [1.54, 1.807) is 27.4 Å². The average molecular weight is 356 g/mol. The molecule has 0 saturated heterocycles. The van der Waals surface area contributed by atoms with Gasteiger partial charge in [-0.2, -0.15) is 0 Å². The van der Waals surface area contributed by atoms with E-state index >= 15 is 0 Å². The summed E-state index contributed by atoms with van der Waals surface area (Å²) in [4.78, 5) is 12.5. The van der Waals surface area contributed by atoms with Crippen molar-refractivity contribution in [1.29, 1.82) is 0 Å². The van der Waals surface area contributed by atoms with Crippen molar-refractivity contribution in [1.82, 2.24) is 0 Å². The maximum atomic E-state index is 12.5. The van der Waals surface area contributed by atoms with Crippen LogP contribution in [0.15, 0.2) is 17.7 Å². The summed E-state index contributed by atoms with van der Waals surface area (Å²) in [7, 11) is 5.01. The van der Waals surface area contributed by atoms with Crippen molar-refractivity contribution in [3.05, 3.63) is 34.4 Å². The molecule has 140 valence electrons. The minimum atomic E-state index is -0.580. The molecule has 0 aliphatic heterocycles. The molecule has 0 saturated carbocycles. The van der Waals surface area contributed by atoms with Gasteiger partial charge in [-0.1, -0.05) is 19.9 Å². The van der Waals surface area contributed by atoms with Crippen LogP contribution in [0.25, 0.3) is 6.08 Å². The van der Waals surface area contributed by atoms with Gasteiger partial charge in [-0.15, -0.1) is 0 Å². The number of allylic oxidation sites excluding steroid dienone is 3. The van der Waals surface area contributed by atoms with E-state index in [9.17, 15) is 4.79 Å². The van der Waals surface area contributed by atoms with Gasteiger partial charge >= 0.3 is 0 Å². The van der Waals surface area contributed by atoms with Crippen molar-refractivity contribution >= 4 is 11.9 Å². The third-order valence-corrected chi connectivity index (χ3v) is 5.85. The molecule has 0 unspecified atom stereocenters. The predicted octanol–water partition coefficient (Wildman–Crippen LogP) is 4.66. The van der Waals surface area contributed by atoms with E-state index in [0.717, 1.165) is 33.8 Å². The lowest BCUT2D eigenvalue weighted by Gasteiger charge is -2.39. The second-order valence-electron chi connectivity index (χ2n) is 8.04. The molecule has 26 heavy (non-hydrogen) atoms. The molecule has 0 radical (unpaired) electrons. The monoisotopic (exact) mass is 356 g/mol. The van der Waals surface area contributed by atoms with Gasteiger partial charge in [0.25, 0.3) is 0 Å². The van der Waals surface area contributed by atoms with Crippen molar-refractivity contribution in [2.24, 2.45) is 5.41 Å². The molecule has 4 nitrogen and oxygen atoms in total. The molecule has 0 amide bonds. The van der Waals surface area contributed by atoms with Crippen LogP contribution in [0, 0.1) is 5.41 Å². The Morgan fingerprint density at radius 3 is 2.00 bits per heavy atom. The van der Waals surface area contributed by atoms with Crippen molar-refractivity contribution in [3.63, 3.8) is 0 Å². The molecule has 0 heterocycles. The molecular weight excluding hydrogens is 328 g/mol. The highest BCUT2D eigenvalue weighted by molar-refractivity contribution is 6.02. The predicted molar refractivity (Wildman–Crippen MR) is 103 cm³/mol. The molecule has 2 aliphatic carbocycles. The van der Waals surface area contributed by atoms with Crippen molar-refractivity contribution in [2.45, 2.75) is 46.0 Å². The Balaban J connectivity index is 2.48. The summed E-state index contributed by atoms with van der Waals surface area (Å²) in [5.41, 5.74) is 3.02. The molecule has 1 aromatic rings. The van der Waals surface area contributed by atoms with E-state index in [4.69, 9.17) is 14.2 Å². The van der Waals surface area contributed by atoms with Crippen LogP contribution in [0.3, 0.4) is 0 Å². The number of carbonyl (C=O) groups excluding carboxylic acids is 1. The van der Waals surface area contributed by atoms with E-state index in [1.165, 1.54) is 0 Å². The van der Waals surface area contributed by atoms with Gasteiger partial charge in [0.2, 0.25) is 0 Å². The molecule has 0 bridgehead atoms. The highest BCUT2D eigenvalue weighted by Gasteiger charge is 2.51. The van der Waals surface area contributed by atoms with Crippen LogP contribution < -0.4 is 14.2 Å². The molecule has 4 heteroatoms. The summed E-state index contributed by atoms with van der Waals surface area (Å²) in [5, 5.41) is 0. The fourth-order valence-corrected chi connectivity index (χ4v) is 4.53. The van der Waals surface area contributed by atoms with Crippen LogP contribution in [0.4, 0.5) is 0 Å². The van der Waals surface area contributed by atoms with E-state index in [2.05, 4.69) is 26.8 Å². The number of benzene rings is 1. The third kappa shape index (κ3) is 2.17. The van der Waals surface area contributed by atoms with Gasteiger partial charge in [0.15, 0.2) is 17.3 Å². The second-order valence-corrected chi connectivity index (χ2v) is 8.04. The third-order valence-electron chi connectivity index (χ3n) is 5.85. The van der Waals surface area contributed by atoms with Gasteiger partial charge in [0.1, 0.15) is 5.75 Å². The van der Waals surface area contributed by atoms with Gasteiger partial charge in [-0.05, 0) is 44.4 Å². The van der Waals surface area contributed by atoms with Gasteiger partial charge in [-0.3, -0.25) is 4.79 Å². The summed E-state index contributed by atoms with van der Waals surface area (Å²) in [6.07, 6.45) is 5.79. The lowest BCUT2D eigenvalue weighted by Crippen LogP contribution is -2.38. The van der Waals surface area contributed by atoms with Crippen molar-refractivity contribution < 1.29 is 19.0 Å². The molecule has 0 fully saturated rings. The zero-order valence-corrected chi connectivity index (χ0v) is 16.9. The Hall–Kier alpha value is -2.23. The van der Waals surface area contributed by atoms with Crippen molar-refractivity contribution in [2.75, 3.05) is 21.3 Å². The van der Waals surface area contributed by atoms with Crippen LogP contribution >= 0.6 is 0 Å². The first kappa shape index (κ1) is 18.6. The number of rotatable bonds is 4. The maximum absolute atomic E-state index is 12.5. The fraction of sp³-hybridized carbons (Fsp3) is 0.500. The number of carbonyl (C=O) groups is 1. The van der Waals surface area contributed by atoms with Gasteiger partial charge in [-0.25, -0.2) is 0 Å². The van der Waals surface area contributed by atoms with Crippen LogP contribution in [0.1, 0.15) is 57.2 Å². The Kier molecular flexibility index (Phi) is 4.21. The molecule has 2 aliphatic rings. The van der Waals surface area contributed by atoms with E-state index in [-0.39, 0.29) is 11.7 Å². The minimum Gasteiger partial charge on any atom is -0.496 e. The molecule has 0 spiro atoms. The Morgan fingerprint density at radius 1 is 0.923 bits per heavy atom. The quantitative estimate of drug-likeness (QED) is 0.787. The maximum Gasteiger partial charge on any atom is 0.168 e. The summed E-state index contributed by atoms with van der Waals surface area (Å²) in [6, 6.07) is 0. The topological polar surface area (TPSA) is 44.8 Å². The van der Waals surface area contributed by atoms with Crippen molar-refractivity contribution in [3.8, 4) is 17.2 Å². The first-order chi connectivity index (χ1) is 12.1. The standard InChI is InChI=1S/C22H28O4/c1-12(2)16-18(24-6)13-11-14-21(3,4)15(23)9-10-22(14,5)17(13)20(26-8)19(16)25-7/h9-12H,1-8H3/t22-/m0/s1. The molecule has 3 rings (SSSR count). The first-order valence-corrected chi connectivity index (χ1v) is 8.97. The van der Waals surface area contributed by atoms with Gasteiger partial charge in [0.05, 0.1) is 21.3 Å².